The van der Waals surface area contributed by atoms with Gasteiger partial charge >= 0.3 is 0 Å². The van der Waals surface area contributed by atoms with Gasteiger partial charge in [-0.05, 0) is 72.8 Å². The van der Waals surface area contributed by atoms with Crippen LogP contribution in [-0.2, 0) is 26.2 Å². The van der Waals surface area contributed by atoms with Crippen LogP contribution in [0.1, 0.15) is 22.3 Å². The number of hydrogen-bond acceptors (Lipinski definition) is 8. The maximum absolute atomic E-state index is 6.25. The molecule has 0 bridgehead atoms. The summed E-state index contributed by atoms with van der Waals surface area (Å²) < 4.78 is 24.6. The molecule has 0 N–H and O–H groups in total. The first-order valence-electron chi connectivity index (χ1n) is 15.8. The normalized spacial score (nSPS) is 16.5. The molecule has 0 fully saturated rings. The highest BCUT2D eigenvalue weighted by Gasteiger charge is 2.25. The number of anilines is 4. The molecule has 8 nitrogen and oxygen atoms in total. The fourth-order valence-electron chi connectivity index (χ4n) is 6.75. The summed E-state index contributed by atoms with van der Waals surface area (Å²) in [7, 11) is 0. The minimum Gasteiger partial charge on any atom is -0.473 e. The highest BCUT2D eigenvalue weighted by atomic mass is 16.5. The molecule has 0 saturated heterocycles. The molecule has 0 unspecified atom stereocenters. The Morgan fingerprint density at radius 3 is 1.17 bits per heavy atom. The van der Waals surface area contributed by atoms with Crippen molar-refractivity contribution in [2.24, 2.45) is 0 Å². The zero-order valence-corrected chi connectivity index (χ0v) is 25.5. The van der Waals surface area contributed by atoms with Gasteiger partial charge < -0.3 is 38.5 Å². The molecule has 4 aliphatic heterocycles. The Bertz CT molecular complexity index is 1920. The van der Waals surface area contributed by atoms with E-state index in [1.54, 1.807) is 0 Å². The van der Waals surface area contributed by atoms with Gasteiger partial charge in [-0.25, -0.2) is 0 Å². The fraction of sp³-hybridized carbons (Fsp3) is 0.211. The Labute approximate surface area is 268 Å². The summed E-state index contributed by atoms with van der Waals surface area (Å²) in [6.07, 6.45) is 0. The summed E-state index contributed by atoms with van der Waals surface area (Å²) in [6.45, 7) is 5.23. The summed E-state index contributed by atoms with van der Waals surface area (Å²) in [4.78, 5) is 9.07. The third-order valence-electron chi connectivity index (χ3n) is 9.27. The van der Waals surface area contributed by atoms with Gasteiger partial charge in [-0.1, -0.05) is 36.4 Å². The van der Waals surface area contributed by atoms with E-state index in [9.17, 15) is 0 Å². The number of fused-ring (bicyclic) bond motifs is 4. The fourth-order valence-corrected chi connectivity index (χ4v) is 6.75. The second-order valence-corrected chi connectivity index (χ2v) is 12.2. The lowest BCUT2D eigenvalue weighted by Crippen LogP contribution is -2.35. The van der Waals surface area contributed by atoms with Crippen LogP contribution in [0, 0.1) is 0 Å². The van der Waals surface area contributed by atoms with Crippen molar-refractivity contribution in [3.63, 3.8) is 0 Å². The summed E-state index contributed by atoms with van der Waals surface area (Å²) in [5, 5.41) is 0. The van der Waals surface area contributed by atoms with Crippen molar-refractivity contribution in [2.45, 2.75) is 26.2 Å². The predicted molar refractivity (Wildman–Crippen MR) is 179 cm³/mol. The first-order valence-corrected chi connectivity index (χ1v) is 15.8. The lowest BCUT2D eigenvalue weighted by Gasteiger charge is -2.35. The average Bonchev–Trinajstić information content (AvgIpc) is 3.13. The van der Waals surface area contributed by atoms with Gasteiger partial charge in [0.2, 0.25) is 0 Å². The van der Waals surface area contributed by atoms with Crippen molar-refractivity contribution in [3.8, 4) is 23.0 Å². The number of ether oxygens (including phenoxy) is 4. The number of hydrogen-bond donors (Lipinski definition) is 0. The van der Waals surface area contributed by atoms with Crippen LogP contribution in [0.2, 0.25) is 0 Å². The standard InChI is InChI=1S/C38H34N4O4/c1-2-7-31(8-3-1)39-20-28-16-33(11-14-36(28)44-23-39)41-22-30-18-34(12-15-38(30)46-25-41)42-21-29-17-32(10-13-37(29)45-26-42)40-19-27-6-4-5-9-35(27)43-24-40/h1-18H,19-26H2. The van der Waals surface area contributed by atoms with Crippen LogP contribution >= 0.6 is 0 Å². The van der Waals surface area contributed by atoms with Gasteiger partial charge in [0.25, 0.3) is 0 Å². The van der Waals surface area contributed by atoms with E-state index in [0.717, 1.165) is 77.5 Å². The van der Waals surface area contributed by atoms with Crippen molar-refractivity contribution in [1.82, 2.24) is 0 Å². The van der Waals surface area contributed by atoms with E-state index in [1.165, 1.54) is 16.7 Å². The second kappa shape index (κ2) is 11.1. The molecule has 0 aliphatic carbocycles. The largest absolute Gasteiger partial charge is 0.473 e. The molecule has 0 radical (unpaired) electrons. The molecule has 230 valence electrons. The quantitative estimate of drug-likeness (QED) is 0.213. The number of para-hydroxylation sites is 2. The van der Waals surface area contributed by atoms with Gasteiger partial charge in [-0.2, -0.15) is 0 Å². The highest BCUT2D eigenvalue weighted by molar-refractivity contribution is 5.62. The second-order valence-electron chi connectivity index (χ2n) is 12.2. The number of rotatable bonds is 4. The lowest BCUT2D eigenvalue weighted by atomic mass is 10.1. The van der Waals surface area contributed by atoms with E-state index in [-0.39, 0.29) is 0 Å². The smallest absolute Gasteiger partial charge is 0.161 e. The maximum Gasteiger partial charge on any atom is 0.161 e. The predicted octanol–water partition coefficient (Wildman–Crippen LogP) is 7.11. The van der Waals surface area contributed by atoms with Gasteiger partial charge in [0.05, 0.1) is 0 Å². The van der Waals surface area contributed by atoms with E-state index in [0.29, 0.717) is 26.9 Å². The molecule has 0 amide bonds. The number of nitrogens with zero attached hydrogens (tertiary/aromatic N) is 4. The van der Waals surface area contributed by atoms with Crippen LogP contribution in [0.5, 0.6) is 23.0 Å². The van der Waals surface area contributed by atoms with Crippen LogP contribution in [0.3, 0.4) is 0 Å². The number of benzene rings is 5. The molecule has 5 aromatic rings. The Morgan fingerprint density at radius 1 is 0.326 bits per heavy atom. The minimum atomic E-state index is 0.499. The molecular formula is C38H34N4O4. The molecule has 0 atom stereocenters. The molecule has 0 spiro atoms. The topological polar surface area (TPSA) is 49.9 Å². The minimum absolute atomic E-state index is 0.499. The van der Waals surface area contributed by atoms with Gasteiger partial charge in [0.15, 0.2) is 26.9 Å². The Kier molecular flexibility index (Phi) is 6.51. The van der Waals surface area contributed by atoms with Gasteiger partial charge in [-0.3, -0.25) is 0 Å². The Morgan fingerprint density at radius 2 is 0.696 bits per heavy atom. The van der Waals surface area contributed by atoms with E-state index >= 15 is 0 Å². The summed E-state index contributed by atoms with van der Waals surface area (Å²) in [5.74, 6) is 3.79. The molecule has 9 rings (SSSR count). The van der Waals surface area contributed by atoms with Crippen molar-refractivity contribution >= 4 is 22.7 Å². The molecule has 8 heteroatoms. The van der Waals surface area contributed by atoms with Gasteiger partial charge in [0, 0.05) is 71.2 Å². The van der Waals surface area contributed by atoms with E-state index in [4.69, 9.17) is 18.9 Å². The van der Waals surface area contributed by atoms with Crippen molar-refractivity contribution in [3.05, 3.63) is 131 Å². The Balaban J connectivity index is 0.914. The zero-order valence-electron chi connectivity index (χ0n) is 25.5. The third kappa shape index (κ3) is 4.96. The lowest BCUT2D eigenvalue weighted by molar-refractivity contribution is 0.283. The molecule has 4 aliphatic rings. The zero-order chi connectivity index (χ0) is 30.5. The van der Waals surface area contributed by atoms with Gasteiger partial charge in [0.1, 0.15) is 23.0 Å². The molecule has 46 heavy (non-hydrogen) atoms. The molecule has 0 saturated carbocycles. The van der Waals surface area contributed by atoms with Crippen LogP contribution in [0.4, 0.5) is 22.7 Å². The summed E-state index contributed by atoms with van der Waals surface area (Å²) >= 11 is 0. The Hall–Kier alpha value is -5.50. The maximum atomic E-state index is 6.25. The van der Waals surface area contributed by atoms with Gasteiger partial charge in [-0.15, -0.1) is 0 Å². The van der Waals surface area contributed by atoms with Crippen molar-refractivity contribution < 1.29 is 18.9 Å². The van der Waals surface area contributed by atoms with Crippen molar-refractivity contribution in [2.75, 3.05) is 46.5 Å². The SMILES string of the molecule is c1ccc(N2COc3ccc(N4COc5ccc(N6COc7ccc(N8COc9ccccc9C8)cc7C6)cc5C4)cc3C2)cc1. The van der Waals surface area contributed by atoms with E-state index in [2.05, 4.69) is 111 Å². The van der Waals surface area contributed by atoms with E-state index < -0.39 is 0 Å². The van der Waals surface area contributed by atoms with Crippen LogP contribution in [0.25, 0.3) is 0 Å². The molecule has 5 aromatic carbocycles. The van der Waals surface area contributed by atoms with Crippen LogP contribution < -0.4 is 38.5 Å². The molecular weight excluding hydrogens is 576 g/mol. The third-order valence-corrected chi connectivity index (χ3v) is 9.27. The van der Waals surface area contributed by atoms with Crippen molar-refractivity contribution in [1.29, 1.82) is 0 Å². The average molecular weight is 611 g/mol. The molecule has 0 aromatic heterocycles. The van der Waals surface area contributed by atoms with Crippen LogP contribution in [0.15, 0.2) is 109 Å². The molecule has 4 heterocycles. The highest BCUT2D eigenvalue weighted by Crippen LogP contribution is 2.38. The summed E-state index contributed by atoms with van der Waals surface area (Å²) in [6, 6.07) is 38.0. The first kappa shape index (κ1) is 26.9. The van der Waals surface area contributed by atoms with E-state index in [1.807, 2.05) is 18.2 Å². The monoisotopic (exact) mass is 610 g/mol. The summed E-state index contributed by atoms with van der Waals surface area (Å²) in [5.41, 5.74) is 9.24. The van der Waals surface area contributed by atoms with Crippen LogP contribution in [-0.4, -0.2) is 26.9 Å². The first-order chi connectivity index (χ1) is 22.7.